The van der Waals surface area contributed by atoms with Crippen molar-refractivity contribution in [3.63, 3.8) is 0 Å². The summed E-state index contributed by atoms with van der Waals surface area (Å²) >= 11 is 5.97. The smallest absolute Gasteiger partial charge is 0.247 e. The van der Waals surface area contributed by atoms with Gasteiger partial charge < -0.3 is 20.9 Å². The van der Waals surface area contributed by atoms with Crippen LogP contribution in [0.1, 0.15) is 70.1 Å². The van der Waals surface area contributed by atoms with E-state index in [9.17, 15) is 9.59 Å². The first-order chi connectivity index (χ1) is 21.0. The van der Waals surface area contributed by atoms with Gasteiger partial charge in [0.2, 0.25) is 11.8 Å². The van der Waals surface area contributed by atoms with Crippen molar-refractivity contribution in [1.82, 2.24) is 20.0 Å². The molecule has 1 atom stereocenters. The Labute approximate surface area is 269 Å². The molecular weight excluding hydrogens is 570 g/mol. The van der Waals surface area contributed by atoms with Gasteiger partial charge in [-0.25, -0.2) is 0 Å². The summed E-state index contributed by atoms with van der Waals surface area (Å²) in [6.07, 6.45) is 6.97. The molecule has 2 amide bonds. The quantitative estimate of drug-likeness (QED) is 0.418. The molecule has 3 fully saturated rings. The maximum Gasteiger partial charge on any atom is 0.247 e. The number of fused-ring (bicyclic) bond motifs is 1. The minimum Gasteiger partial charge on any atom is -0.341 e. The number of nitrogens with one attached hydrogen (secondary N) is 1. The van der Waals surface area contributed by atoms with Crippen LogP contribution in [0.25, 0.3) is 0 Å². The Balaban J connectivity index is 0.000000262. The van der Waals surface area contributed by atoms with Crippen molar-refractivity contribution in [2.24, 2.45) is 11.7 Å². The Morgan fingerprint density at radius 3 is 1.93 bits per heavy atom. The molecule has 3 heterocycles. The number of nitrogens with two attached hydrogens (primary N) is 1. The Hall–Kier alpha value is -2.45. The molecule has 0 radical (unpaired) electrons. The zero-order chi connectivity index (χ0) is 31.4. The summed E-state index contributed by atoms with van der Waals surface area (Å²) < 4.78 is 0. The van der Waals surface area contributed by atoms with Gasteiger partial charge in [0.25, 0.3) is 0 Å². The molecule has 0 aromatic heterocycles. The molecule has 3 N–H and O–H groups in total. The van der Waals surface area contributed by atoms with E-state index < -0.39 is 6.04 Å². The van der Waals surface area contributed by atoms with Gasteiger partial charge in [-0.3, -0.25) is 14.5 Å². The van der Waals surface area contributed by atoms with Crippen LogP contribution in [0.4, 0.5) is 0 Å². The molecule has 8 heteroatoms. The van der Waals surface area contributed by atoms with E-state index in [4.69, 9.17) is 17.3 Å². The first kappa shape index (κ1) is 32.9. The van der Waals surface area contributed by atoms with Crippen LogP contribution in [0.5, 0.6) is 0 Å². The largest absolute Gasteiger partial charge is 0.341 e. The normalized spacial score (nSPS) is 20.9. The monoisotopic (exact) mass is 621 g/mol. The van der Waals surface area contributed by atoms with Crippen molar-refractivity contribution in [2.75, 3.05) is 32.7 Å². The molecule has 0 unspecified atom stereocenters. The zero-order valence-corrected chi connectivity index (χ0v) is 27.9. The van der Waals surface area contributed by atoms with Crippen molar-refractivity contribution >= 4 is 23.4 Å². The van der Waals surface area contributed by atoms with Gasteiger partial charge in [-0.15, -0.1) is 0 Å². The van der Waals surface area contributed by atoms with Crippen molar-refractivity contribution in [2.45, 2.75) is 102 Å². The number of rotatable bonds is 8. The zero-order valence-electron chi connectivity index (χ0n) is 27.1. The highest BCUT2D eigenvalue weighted by Gasteiger charge is 2.56. The predicted octanol–water partition coefficient (Wildman–Crippen LogP) is 4.69. The van der Waals surface area contributed by atoms with Gasteiger partial charge in [0.05, 0.1) is 6.04 Å². The molecule has 0 bridgehead atoms. The van der Waals surface area contributed by atoms with Crippen LogP contribution < -0.4 is 11.1 Å². The summed E-state index contributed by atoms with van der Waals surface area (Å²) in [5.74, 6) is 0.961. The average Bonchev–Trinajstić information content (AvgIpc) is 3.46. The third-order valence-electron chi connectivity index (χ3n) is 10.0. The minimum atomic E-state index is -0.486. The number of piperidine rings is 2. The Kier molecular flexibility index (Phi) is 10.7. The van der Waals surface area contributed by atoms with Crippen LogP contribution in [0.3, 0.4) is 0 Å². The lowest BCUT2D eigenvalue weighted by Crippen LogP contribution is -2.55. The number of benzene rings is 2. The molecule has 3 aliphatic heterocycles. The summed E-state index contributed by atoms with van der Waals surface area (Å²) in [4.78, 5) is 31.4. The van der Waals surface area contributed by atoms with Crippen LogP contribution in [-0.2, 0) is 28.9 Å². The third-order valence-corrected chi connectivity index (χ3v) is 10.3. The van der Waals surface area contributed by atoms with Gasteiger partial charge >= 0.3 is 0 Å². The van der Waals surface area contributed by atoms with Crippen molar-refractivity contribution in [1.29, 1.82) is 0 Å². The van der Waals surface area contributed by atoms with E-state index in [1.54, 1.807) is 0 Å². The molecule has 3 saturated heterocycles. The third kappa shape index (κ3) is 8.03. The lowest BCUT2D eigenvalue weighted by Gasteiger charge is -2.46. The molecule has 1 spiro atoms. The summed E-state index contributed by atoms with van der Waals surface area (Å²) in [6.45, 7) is 14.4. The highest BCUT2D eigenvalue weighted by atomic mass is 35.5. The molecule has 4 aliphatic rings. The summed E-state index contributed by atoms with van der Waals surface area (Å²) in [5, 5.41) is 3.62. The molecule has 6 rings (SSSR count). The second-order valence-corrected chi connectivity index (χ2v) is 14.5. The number of hydrogen-bond acceptors (Lipinski definition) is 5. The maximum atomic E-state index is 13.0. The van der Waals surface area contributed by atoms with Crippen LogP contribution in [0.2, 0.25) is 5.02 Å². The van der Waals surface area contributed by atoms with E-state index >= 15 is 0 Å². The van der Waals surface area contributed by atoms with Crippen molar-refractivity contribution < 1.29 is 9.59 Å². The van der Waals surface area contributed by atoms with Gasteiger partial charge in [0.1, 0.15) is 5.54 Å². The molecule has 0 saturated carbocycles. The van der Waals surface area contributed by atoms with Gasteiger partial charge in [-0.2, -0.15) is 0 Å². The number of nitrogens with zero attached hydrogens (tertiary/aromatic N) is 3. The SMILES string of the molecule is CC(C)CN(C1CCN(C(=O)[C@H](N)Cc2ccc(Cl)cc2)CC1)C1CCN(C(C)C)CC1.O=C1NC12Cc1ccccc1C2. The Morgan fingerprint density at radius 2 is 1.45 bits per heavy atom. The molecule has 2 aromatic rings. The number of carbonyl (C=O) groups is 2. The molecule has 44 heavy (non-hydrogen) atoms. The highest BCUT2D eigenvalue weighted by molar-refractivity contribution is 6.30. The first-order valence-corrected chi connectivity index (χ1v) is 17.1. The van der Waals surface area contributed by atoms with Crippen molar-refractivity contribution in [3.05, 3.63) is 70.2 Å². The molecular formula is C36H52ClN5O2. The van der Waals surface area contributed by atoms with E-state index in [-0.39, 0.29) is 17.4 Å². The van der Waals surface area contributed by atoms with Gasteiger partial charge in [-0.1, -0.05) is 61.8 Å². The van der Waals surface area contributed by atoms with Crippen molar-refractivity contribution in [3.8, 4) is 0 Å². The van der Waals surface area contributed by atoms with E-state index in [1.165, 1.54) is 37.1 Å². The summed E-state index contributed by atoms with van der Waals surface area (Å²) in [5.41, 5.74) is 9.83. The Bertz CT molecular complexity index is 1240. The van der Waals surface area contributed by atoms with Crippen LogP contribution in [0.15, 0.2) is 48.5 Å². The maximum absolute atomic E-state index is 13.0. The van der Waals surface area contributed by atoms with E-state index in [0.717, 1.165) is 50.9 Å². The topological polar surface area (TPSA) is 91.8 Å². The van der Waals surface area contributed by atoms with E-state index in [2.05, 4.69) is 54.9 Å². The number of amides is 2. The average molecular weight is 622 g/mol. The highest BCUT2D eigenvalue weighted by Crippen LogP contribution is 2.37. The number of halogens is 1. The second-order valence-electron chi connectivity index (χ2n) is 14.1. The number of carbonyl (C=O) groups excluding carboxylic acids is 2. The molecule has 1 aliphatic carbocycles. The second kappa shape index (κ2) is 14.3. The molecule has 7 nitrogen and oxygen atoms in total. The standard InChI is InChI=1S/C26H43ClN4O.C10H9NO/c1-19(2)18-31(23-9-13-29(14-10-23)20(3)4)24-11-15-30(16-12-24)26(32)25(28)17-21-5-7-22(27)8-6-21;12-9-10(11-9)5-7-3-1-2-4-8(7)6-10/h5-8,19-20,23-25H,9-18,28H2,1-4H3;1-4H,5-6H2,(H,11,12)/t25-;/m1./s1. The Morgan fingerprint density at radius 1 is 0.932 bits per heavy atom. The van der Waals surface area contributed by atoms with Crippen LogP contribution in [0, 0.1) is 5.92 Å². The van der Waals surface area contributed by atoms with Crippen LogP contribution in [-0.4, -0.2) is 88.9 Å². The lowest BCUT2D eigenvalue weighted by molar-refractivity contribution is -0.134. The van der Waals surface area contributed by atoms with Gasteiger partial charge in [-0.05, 0) is 93.8 Å². The van der Waals surface area contributed by atoms with Gasteiger partial charge in [0.15, 0.2) is 0 Å². The molecule has 240 valence electrons. The fourth-order valence-corrected chi connectivity index (χ4v) is 7.54. The van der Waals surface area contributed by atoms with E-state index in [1.807, 2.05) is 41.3 Å². The fraction of sp³-hybridized carbons (Fsp3) is 0.611. The molecule has 2 aromatic carbocycles. The summed E-state index contributed by atoms with van der Waals surface area (Å²) in [7, 11) is 0. The number of hydrogen-bond donors (Lipinski definition) is 2. The lowest BCUT2D eigenvalue weighted by atomic mass is 9.94. The van der Waals surface area contributed by atoms with Gasteiger partial charge in [0, 0.05) is 55.6 Å². The predicted molar refractivity (Wildman–Crippen MR) is 179 cm³/mol. The summed E-state index contributed by atoms with van der Waals surface area (Å²) in [6, 6.07) is 17.3. The van der Waals surface area contributed by atoms with E-state index in [0.29, 0.717) is 35.5 Å². The van der Waals surface area contributed by atoms with Crippen LogP contribution >= 0.6 is 11.6 Å². The fourth-order valence-electron chi connectivity index (χ4n) is 7.42. The first-order valence-electron chi connectivity index (χ1n) is 16.7. The number of likely N-dealkylation sites (tertiary alicyclic amines) is 2. The minimum absolute atomic E-state index is 0.0825.